The van der Waals surface area contributed by atoms with Crippen molar-refractivity contribution in [1.82, 2.24) is 4.90 Å². The number of thioether (sulfide) groups is 1. The van der Waals surface area contributed by atoms with Crippen molar-refractivity contribution in [3.8, 4) is 0 Å². The third kappa shape index (κ3) is 8.69. The number of carbonyl (C=O) groups excluding carboxylic acids is 4. The number of esters is 2. The van der Waals surface area contributed by atoms with Gasteiger partial charge in [0, 0.05) is 18.6 Å². The fraction of sp³-hybridized carbons (Fsp3) is 0.778. The molecule has 1 amide bonds. The molecule has 0 aromatic carbocycles. The third-order valence-electron chi connectivity index (χ3n) is 3.37. The fourth-order valence-corrected chi connectivity index (χ4v) is 2.93. The molecule has 0 bridgehead atoms. The second-order valence-corrected chi connectivity index (χ2v) is 8.67. The van der Waals surface area contributed by atoms with Gasteiger partial charge in [-0.25, -0.2) is 4.79 Å². The Labute approximate surface area is 160 Å². The molecule has 7 nitrogen and oxygen atoms in total. The average Bonchev–Trinajstić information content (AvgIpc) is 2.48. The lowest BCUT2D eigenvalue weighted by Gasteiger charge is -2.34. The molecule has 0 rings (SSSR count). The maximum atomic E-state index is 12.9. The first-order chi connectivity index (χ1) is 11.8. The van der Waals surface area contributed by atoms with Gasteiger partial charge in [0.15, 0.2) is 5.12 Å². The summed E-state index contributed by atoms with van der Waals surface area (Å²) >= 11 is 1.03. The van der Waals surface area contributed by atoms with Crippen LogP contribution in [0.5, 0.6) is 0 Å². The van der Waals surface area contributed by atoms with E-state index in [0.29, 0.717) is 0 Å². The largest absolute Gasteiger partial charge is 0.467 e. The van der Waals surface area contributed by atoms with Crippen LogP contribution in [0.25, 0.3) is 0 Å². The van der Waals surface area contributed by atoms with Gasteiger partial charge in [-0.2, -0.15) is 0 Å². The Morgan fingerprint density at radius 3 is 2.00 bits per heavy atom. The van der Waals surface area contributed by atoms with Gasteiger partial charge in [-0.05, 0) is 26.7 Å². The van der Waals surface area contributed by atoms with Gasteiger partial charge < -0.3 is 14.4 Å². The lowest BCUT2D eigenvalue weighted by atomic mass is 10.0. The van der Waals surface area contributed by atoms with Crippen molar-refractivity contribution in [2.75, 3.05) is 19.4 Å². The lowest BCUT2D eigenvalue weighted by molar-refractivity contribution is -0.165. The van der Waals surface area contributed by atoms with E-state index in [4.69, 9.17) is 9.47 Å². The molecule has 26 heavy (non-hydrogen) atoms. The number of amides is 1. The van der Waals surface area contributed by atoms with E-state index in [1.165, 1.54) is 18.9 Å². The Morgan fingerprint density at radius 2 is 1.62 bits per heavy atom. The normalized spacial score (nSPS) is 13.7. The summed E-state index contributed by atoms with van der Waals surface area (Å²) in [5, 5.41) is -0.100. The van der Waals surface area contributed by atoms with Gasteiger partial charge >= 0.3 is 11.9 Å². The number of hydrogen-bond acceptors (Lipinski definition) is 7. The van der Waals surface area contributed by atoms with Crippen LogP contribution in [0.2, 0.25) is 0 Å². The van der Waals surface area contributed by atoms with Gasteiger partial charge in [0.25, 0.3) is 0 Å². The summed E-state index contributed by atoms with van der Waals surface area (Å²) < 4.78 is 10.1. The standard InChI is InChI=1S/C18H31NO6S/c1-11(2)15(17(23)24-8)19(9-14(21)25-18(5,6)7)16(22)12(3)10-26-13(4)20/h11-12,15H,9-10H2,1-8H3/t12?,15-/m0/s1. The van der Waals surface area contributed by atoms with Crippen LogP contribution in [0.3, 0.4) is 0 Å². The first kappa shape index (κ1) is 24.4. The Bertz CT molecular complexity index is 526. The first-order valence-corrected chi connectivity index (χ1v) is 9.52. The summed E-state index contributed by atoms with van der Waals surface area (Å²) in [5.41, 5.74) is -0.708. The van der Waals surface area contributed by atoms with E-state index in [0.717, 1.165) is 11.8 Å². The van der Waals surface area contributed by atoms with Crippen LogP contribution in [0.15, 0.2) is 0 Å². The monoisotopic (exact) mass is 389 g/mol. The van der Waals surface area contributed by atoms with E-state index in [2.05, 4.69) is 0 Å². The average molecular weight is 390 g/mol. The molecule has 0 heterocycles. The number of rotatable bonds is 8. The second-order valence-electron chi connectivity index (χ2n) is 7.47. The van der Waals surface area contributed by atoms with Crippen LogP contribution in [-0.4, -0.2) is 58.9 Å². The Hall–Kier alpha value is -1.57. The van der Waals surface area contributed by atoms with Gasteiger partial charge in [0.05, 0.1) is 7.11 Å². The van der Waals surface area contributed by atoms with Gasteiger partial charge in [-0.1, -0.05) is 32.5 Å². The molecule has 1 unspecified atom stereocenters. The Kier molecular flexibility index (Phi) is 9.91. The summed E-state index contributed by atoms with van der Waals surface area (Å²) in [4.78, 5) is 49.8. The minimum absolute atomic E-state index is 0.100. The quantitative estimate of drug-likeness (QED) is 0.588. The van der Waals surface area contributed by atoms with Crippen molar-refractivity contribution in [2.45, 2.75) is 60.1 Å². The predicted molar refractivity (Wildman–Crippen MR) is 101 cm³/mol. The van der Waals surface area contributed by atoms with Gasteiger partial charge in [-0.15, -0.1) is 0 Å². The summed E-state index contributed by atoms with van der Waals surface area (Å²) in [6.07, 6.45) is 0. The number of ether oxygens (including phenoxy) is 2. The van der Waals surface area contributed by atoms with Crippen molar-refractivity contribution < 1.29 is 28.7 Å². The summed E-state index contributed by atoms with van der Waals surface area (Å²) in [7, 11) is 1.24. The molecule has 0 N–H and O–H groups in total. The van der Waals surface area contributed by atoms with E-state index in [1.54, 1.807) is 41.5 Å². The molecule has 0 spiro atoms. The molecule has 0 fully saturated rings. The Morgan fingerprint density at radius 1 is 1.08 bits per heavy atom. The van der Waals surface area contributed by atoms with Crippen molar-refractivity contribution in [1.29, 1.82) is 0 Å². The zero-order valence-electron chi connectivity index (χ0n) is 17.0. The molecule has 0 saturated heterocycles. The van der Waals surface area contributed by atoms with Crippen LogP contribution >= 0.6 is 11.8 Å². The molecule has 2 atom stereocenters. The number of methoxy groups -OCH3 is 1. The summed E-state index contributed by atoms with van der Waals surface area (Å²) in [6, 6.07) is -0.912. The van der Waals surface area contributed by atoms with Crippen molar-refractivity contribution >= 4 is 34.7 Å². The zero-order valence-corrected chi connectivity index (χ0v) is 17.8. The van der Waals surface area contributed by atoms with Gasteiger partial charge in [-0.3, -0.25) is 14.4 Å². The van der Waals surface area contributed by atoms with Crippen molar-refractivity contribution in [3.05, 3.63) is 0 Å². The summed E-state index contributed by atoms with van der Waals surface area (Å²) in [5.74, 6) is -2.13. The molecule has 0 aliphatic carbocycles. The molecule has 8 heteroatoms. The molecule has 0 aliphatic heterocycles. The molecular weight excluding hydrogens is 358 g/mol. The molecule has 0 aliphatic rings. The van der Waals surface area contributed by atoms with Crippen molar-refractivity contribution in [2.24, 2.45) is 11.8 Å². The number of hydrogen-bond donors (Lipinski definition) is 0. The van der Waals surface area contributed by atoms with E-state index in [9.17, 15) is 19.2 Å². The second kappa shape index (κ2) is 10.5. The highest BCUT2D eigenvalue weighted by Gasteiger charge is 2.37. The maximum absolute atomic E-state index is 12.9. The highest BCUT2D eigenvalue weighted by Crippen LogP contribution is 2.19. The van der Waals surface area contributed by atoms with Gasteiger partial charge in [0.1, 0.15) is 18.2 Å². The van der Waals surface area contributed by atoms with Crippen LogP contribution < -0.4 is 0 Å². The smallest absolute Gasteiger partial charge is 0.328 e. The molecule has 0 saturated carbocycles. The van der Waals surface area contributed by atoms with Crippen LogP contribution in [0.4, 0.5) is 0 Å². The topological polar surface area (TPSA) is 90.0 Å². The SMILES string of the molecule is COC(=O)[C@H](C(C)C)N(CC(=O)OC(C)(C)C)C(=O)C(C)CSC(C)=O. The number of carbonyl (C=O) groups is 4. The lowest BCUT2D eigenvalue weighted by Crippen LogP contribution is -2.53. The van der Waals surface area contributed by atoms with E-state index in [1.807, 2.05) is 0 Å². The van der Waals surface area contributed by atoms with E-state index >= 15 is 0 Å². The minimum Gasteiger partial charge on any atom is -0.467 e. The van der Waals surface area contributed by atoms with E-state index < -0.39 is 35.4 Å². The zero-order chi connectivity index (χ0) is 20.7. The number of nitrogens with zero attached hydrogens (tertiary/aromatic N) is 1. The van der Waals surface area contributed by atoms with Gasteiger partial charge in [0.2, 0.25) is 5.91 Å². The molecule has 150 valence electrons. The molecule has 0 aromatic heterocycles. The highest BCUT2D eigenvalue weighted by atomic mass is 32.2. The predicted octanol–water partition coefficient (Wildman–Crippen LogP) is 2.27. The highest BCUT2D eigenvalue weighted by molar-refractivity contribution is 8.13. The maximum Gasteiger partial charge on any atom is 0.328 e. The van der Waals surface area contributed by atoms with Crippen LogP contribution in [0, 0.1) is 11.8 Å². The van der Waals surface area contributed by atoms with E-state index in [-0.39, 0.29) is 23.3 Å². The fourth-order valence-electron chi connectivity index (χ4n) is 2.30. The third-order valence-corrected chi connectivity index (χ3v) is 4.44. The van der Waals surface area contributed by atoms with Crippen molar-refractivity contribution in [3.63, 3.8) is 0 Å². The summed E-state index contributed by atoms with van der Waals surface area (Å²) in [6.45, 7) is 11.4. The molecular formula is C18H31NO6S. The first-order valence-electron chi connectivity index (χ1n) is 8.53. The molecule has 0 radical (unpaired) electrons. The van der Waals surface area contributed by atoms with Crippen LogP contribution in [0.1, 0.15) is 48.5 Å². The Balaban J connectivity index is 5.56. The minimum atomic E-state index is -0.912. The molecule has 0 aromatic rings. The van der Waals surface area contributed by atoms with Crippen LogP contribution in [-0.2, 0) is 28.7 Å².